The first-order valence-electron chi connectivity index (χ1n) is 1.63. The molecule has 0 aromatic heterocycles. The summed E-state index contributed by atoms with van der Waals surface area (Å²) in [5, 5.41) is 15.8. The van der Waals surface area contributed by atoms with Crippen LogP contribution in [0.3, 0.4) is 0 Å². The molecule has 0 bridgehead atoms. The maximum absolute atomic E-state index is 7.91. The van der Waals surface area contributed by atoms with Gasteiger partial charge in [-0.3, -0.25) is 0 Å². The second-order valence-electron chi connectivity index (χ2n) is 0.801. The van der Waals surface area contributed by atoms with Gasteiger partial charge in [-0.05, 0) is 6.42 Å². The van der Waals surface area contributed by atoms with E-state index in [0.717, 1.165) is 0 Å². The molecule has 2 radical (unpaired) electrons. The first-order chi connectivity index (χ1) is 2.41. The predicted molar refractivity (Wildman–Crippen MR) is 30.3 cm³/mol. The van der Waals surface area contributed by atoms with Gasteiger partial charge in [-0.15, -0.1) is 0 Å². The first kappa shape index (κ1) is 16.0. The van der Waals surface area contributed by atoms with Gasteiger partial charge < -0.3 is 10.2 Å². The smallest absolute Gasteiger partial charge is 0.0452 e. The van der Waals surface area contributed by atoms with E-state index in [1.807, 2.05) is 0 Å². The monoisotopic (exact) mass is 122 g/mol. The van der Waals surface area contributed by atoms with Gasteiger partial charge in [0.1, 0.15) is 0 Å². The molecule has 0 aromatic rings. The van der Waals surface area contributed by atoms with Gasteiger partial charge in [-0.1, -0.05) is 0 Å². The molecule has 0 unspecified atom stereocenters. The fraction of sp³-hybridized carbons (Fsp3) is 1.00. The van der Waals surface area contributed by atoms with Crippen molar-refractivity contribution in [2.75, 3.05) is 13.2 Å². The molecule has 0 rings (SSSR count). The van der Waals surface area contributed by atoms with Crippen molar-refractivity contribution in [3.05, 3.63) is 0 Å². The zero-order valence-electron chi connectivity index (χ0n) is 5.02. The third kappa shape index (κ3) is 18.1. The van der Waals surface area contributed by atoms with E-state index in [4.69, 9.17) is 10.2 Å². The molecule has 34 valence electrons. The molecular weight excluding hydrogens is 114 g/mol. The zero-order valence-corrected chi connectivity index (χ0v) is 9.02. The second-order valence-corrected chi connectivity index (χ2v) is 0.801. The summed E-state index contributed by atoms with van der Waals surface area (Å²) in [6.45, 7) is 0.188. The quantitative estimate of drug-likeness (QED) is 0.442. The molecule has 0 fully saturated rings. The largest absolute Gasteiger partial charge is 0.396 e. The predicted octanol–water partition coefficient (Wildman–Crippen LogP) is -1.40. The van der Waals surface area contributed by atoms with Crippen molar-refractivity contribution >= 4 is 59.1 Å². The molecule has 2 N–H and O–H groups in total. The summed E-state index contributed by atoms with van der Waals surface area (Å²) >= 11 is 0. The van der Waals surface area contributed by atoms with Crippen LogP contribution in [-0.2, 0) is 0 Å². The second kappa shape index (κ2) is 15.7. The van der Waals surface area contributed by atoms with Crippen LogP contribution in [0.4, 0.5) is 0 Å². The molecular formula is C3H8Na2O2. The van der Waals surface area contributed by atoms with E-state index in [9.17, 15) is 0 Å². The molecule has 0 saturated carbocycles. The van der Waals surface area contributed by atoms with Crippen LogP contribution >= 0.6 is 0 Å². The van der Waals surface area contributed by atoms with E-state index < -0.39 is 0 Å². The molecule has 0 saturated heterocycles. The number of aliphatic hydroxyl groups excluding tert-OH is 2. The molecule has 0 amide bonds. The van der Waals surface area contributed by atoms with Gasteiger partial charge >= 0.3 is 0 Å². The number of hydrogen-bond donors (Lipinski definition) is 2. The van der Waals surface area contributed by atoms with Crippen molar-refractivity contribution in [1.29, 1.82) is 0 Å². The Morgan fingerprint density at radius 2 is 1.14 bits per heavy atom. The van der Waals surface area contributed by atoms with Crippen LogP contribution in [0.2, 0.25) is 0 Å². The Kier molecular flexibility index (Phi) is 35.7. The van der Waals surface area contributed by atoms with Gasteiger partial charge in [0.2, 0.25) is 0 Å². The van der Waals surface area contributed by atoms with Crippen LogP contribution in [0.15, 0.2) is 0 Å². The molecule has 7 heavy (non-hydrogen) atoms. The molecule has 0 atom stereocenters. The SMILES string of the molecule is OCCCO.[Na].[Na]. The van der Waals surface area contributed by atoms with Crippen LogP contribution < -0.4 is 0 Å². The standard InChI is InChI=1S/C3H8O2.2Na/c4-2-1-3-5;;/h4-5H,1-3H2;;. The third-order valence-corrected chi connectivity index (χ3v) is 0.316. The Morgan fingerprint density at radius 3 is 1.14 bits per heavy atom. The van der Waals surface area contributed by atoms with Gasteiger partial charge in [0.15, 0.2) is 0 Å². The fourth-order valence-corrected chi connectivity index (χ4v) is 0.0707. The van der Waals surface area contributed by atoms with Crippen molar-refractivity contribution in [3.63, 3.8) is 0 Å². The molecule has 4 heteroatoms. The Labute approximate surface area is 87.9 Å². The van der Waals surface area contributed by atoms with Crippen LogP contribution in [-0.4, -0.2) is 82.5 Å². The number of rotatable bonds is 2. The van der Waals surface area contributed by atoms with E-state index in [-0.39, 0.29) is 72.3 Å². The minimum atomic E-state index is 0. The molecule has 0 aliphatic heterocycles. The molecule has 0 heterocycles. The summed E-state index contributed by atoms with van der Waals surface area (Å²) < 4.78 is 0. The topological polar surface area (TPSA) is 40.5 Å². The van der Waals surface area contributed by atoms with Crippen molar-refractivity contribution in [3.8, 4) is 0 Å². The van der Waals surface area contributed by atoms with Crippen LogP contribution in [0.5, 0.6) is 0 Å². The summed E-state index contributed by atoms with van der Waals surface area (Å²) in [7, 11) is 0. The minimum Gasteiger partial charge on any atom is -0.396 e. The first-order valence-corrected chi connectivity index (χ1v) is 1.63. The average Bonchev–Trinajstić information content (AvgIpc) is 1.41. The van der Waals surface area contributed by atoms with E-state index in [0.29, 0.717) is 6.42 Å². The van der Waals surface area contributed by atoms with Gasteiger partial charge in [-0.2, -0.15) is 0 Å². The van der Waals surface area contributed by atoms with Crippen molar-refractivity contribution in [2.45, 2.75) is 6.42 Å². The summed E-state index contributed by atoms with van der Waals surface area (Å²) in [5.41, 5.74) is 0. The van der Waals surface area contributed by atoms with Crippen molar-refractivity contribution in [1.82, 2.24) is 0 Å². The van der Waals surface area contributed by atoms with Gasteiger partial charge in [-0.25, -0.2) is 0 Å². The van der Waals surface area contributed by atoms with Gasteiger partial charge in [0.05, 0.1) is 0 Å². The molecule has 2 nitrogen and oxygen atoms in total. The van der Waals surface area contributed by atoms with E-state index >= 15 is 0 Å². The Morgan fingerprint density at radius 1 is 0.857 bits per heavy atom. The van der Waals surface area contributed by atoms with Gasteiger partial charge in [0.25, 0.3) is 0 Å². The van der Waals surface area contributed by atoms with E-state index in [2.05, 4.69) is 0 Å². The van der Waals surface area contributed by atoms with Crippen molar-refractivity contribution < 1.29 is 10.2 Å². The number of hydrogen-bond acceptors (Lipinski definition) is 2. The van der Waals surface area contributed by atoms with Gasteiger partial charge in [0, 0.05) is 72.3 Å². The summed E-state index contributed by atoms with van der Waals surface area (Å²) in [6.07, 6.45) is 0.500. The van der Waals surface area contributed by atoms with Crippen LogP contribution in [0.25, 0.3) is 0 Å². The third-order valence-electron chi connectivity index (χ3n) is 0.316. The fourth-order valence-electron chi connectivity index (χ4n) is 0.0707. The minimum absolute atomic E-state index is 0. The summed E-state index contributed by atoms with van der Waals surface area (Å²) in [4.78, 5) is 0. The number of aliphatic hydroxyl groups is 2. The Bertz CT molecular complexity index is 18.4. The van der Waals surface area contributed by atoms with E-state index in [1.54, 1.807) is 0 Å². The Hall–Kier alpha value is 1.92. The zero-order chi connectivity index (χ0) is 4.12. The van der Waals surface area contributed by atoms with Crippen molar-refractivity contribution in [2.24, 2.45) is 0 Å². The summed E-state index contributed by atoms with van der Waals surface area (Å²) in [6, 6.07) is 0. The van der Waals surface area contributed by atoms with Crippen LogP contribution in [0.1, 0.15) is 6.42 Å². The average molecular weight is 122 g/mol. The maximum Gasteiger partial charge on any atom is 0.0452 e. The van der Waals surface area contributed by atoms with Crippen LogP contribution in [0, 0.1) is 0 Å². The molecule has 0 spiro atoms. The van der Waals surface area contributed by atoms with E-state index in [1.165, 1.54) is 0 Å². The molecule has 0 aliphatic carbocycles. The maximum atomic E-state index is 7.91. The molecule has 0 aromatic carbocycles. The summed E-state index contributed by atoms with van der Waals surface area (Å²) in [5.74, 6) is 0. The Balaban J connectivity index is -0.0000000800. The normalized spacial score (nSPS) is 6.00. The molecule has 0 aliphatic rings.